The number of anilines is 2. The van der Waals surface area contributed by atoms with Gasteiger partial charge in [0.1, 0.15) is 0 Å². The first kappa shape index (κ1) is 20.5. The summed E-state index contributed by atoms with van der Waals surface area (Å²) >= 11 is 5.88. The second kappa shape index (κ2) is 9.33. The number of amides is 2. The van der Waals surface area contributed by atoms with Gasteiger partial charge in [-0.05, 0) is 30.4 Å². The maximum Gasteiger partial charge on any atom is 0.243 e. The highest BCUT2D eigenvalue weighted by atomic mass is 35.5. The molecule has 3 N–H and O–H groups in total. The van der Waals surface area contributed by atoms with Gasteiger partial charge in [-0.2, -0.15) is 14.4 Å². The zero-order valence-electron chi connectivity index (χ0n) is 15.4. The smallest absolute Gasteiger partial charge is 0.243 e. The highest BCUT2D eigenvalue weighted by Crippen LogP contribution is 2.31. The van der Waals surface area contributed by atoms with Gasteiger partial charge in [0.2, 0.25) is 23.4 Å². The number of nitrogens with zero attached hydrogens (tertiary/aromatic N) is 4. The zero-order chi connectivity index (χ0) is 20.1. The van der Waals surface area contributed by atoms with Crippen LogP contribution in [-0.2, 0) is 9.59 Å². The van der Waals surface area contributed by atoms with Crippen LogP contribution in [0.5, 0.6) is 0 Å². The molecule has 2 aliphatic rings. The minimum atomic E-state index is -0.701. The molecule has 0 aromatic carbocycles. The van der Waals surface area contributed by atoms with E-state index in [1.807, 2.05) is 0 Å². The Morgan fingerprint density at radius 2 is 2.07 bits per heavy atom. The molecule has 2 amide bonds. The van der Waals surface area contributed by atoms with Gasteiger partial charge in [-0.15, -0.1) is 0 Å². The van der Waals surface area contributed by atoms with Gasteiger partial charge in [0, 0.05) is 13.1 Å². The minimum absolute atomic E-state index is 0.0907. The molecule has 0 bridgehead atoms. The summed E-state index contributed by atoms with van der Waals surface area (Å²) in [6, 6.07) is 0. The number of hydroxylamine groups is 2. The van der Waals surface area contributed by atoms with Crippen LogP contribution in [0.2, 0.25) is 5.28 Å². The third-order valence-corrected chi connectivity index (χ3v) is 5.43. The van der Waals surface area contributed by atoms with Crippen molar-refractivity contribution in [3.63, 3.8) is 0 Å². The third kappa shape index (κ3) is 4.99. The molecule has 1 aromatic heterocycles. The Kier molecular flexibility index (Phi) is 6.84. The Morgan fingerprint density at radius 1 is 1.36 bits per heavy atom. The second-order valence-electron chi connectivity index (χ2n) is 7.24. The summed E-state index contributed by atoms with van der Waals surface area (Å²) in [4.78, 5) is 32.8. The van der Waals surface area contributed by atoms with E-state index in [0.29, 0.717) is 30.5 Å². The van der Waals surface area contributed by atoms with Gasteiger partial charge in [0.25, 0.3) is 0 Å². The number of carbonyl (C=O) groups excluding carboxylic acids is 2. The van der Waals surface area contributed by atoms with Crippen molar-refractivity contribution in [3.8, 4) is 0 Å². The van der Waals surface area contributed by atoms with E-state index in [1.54, 1.807) is 4.90 Å². The molecule has 1 saturated heterocycles. The molecule has 2 heterocycles. The van der Waals surface area contributed by atoms with Crippen molar-refractivity contribution < 1.29 is 19.2 Å². The number of hydrogen-bond donors (Lipinski definition) is 3. The van der Waals surface area contributed by atoms with E-state index in [-0.39, 0.29) is 29.9 Å². The first-order chi connectivity index (χ1) is 13.5. The molecule has 28 heavy (non-hydrogen) atoms. The average Bonchev–Trinajstić information content (AvgIpc) is 3.13. The fraction of sp³-hybridized carbons (Fsp3) is 0.647. The molecule has 154 valence electrons. The predicted molar refractivity (Wildman–Crippen MR) is 100 cm³/mol. The average molecular weight is 415 g/mol. The molecule has 0 unspecified atom stereocenters. The first-order valence-electron chi connectivity index (χ1n) is 9.42. The quantitative estimate of drug-likeness (QED) is 0.245. The fourth-order valence-corrected chi connectivity index (χ4v) is 3.80. The molecule has 1 aliphatic carbocycles. The molecule has 2 fully saturated rings. The van der Waals surface area contributed by atoms with Crippen LogP contribution in [0.3, 0.4) is 0 Å². The molecule has 0 spiro atoms. The summed E-state index contributed by atoms with van der Waals surface area (Å²) in [6.07, 6.45) is 5.97. The van der Waals surface area contributed by atoms with E-state index in [0.717, 1.165) is 32.1 Å². The lowest BCUT2D eigenvalue weighted by Crippen LogP contribution is -2.42. The Hall–Kier alpha value is -2.20. The summed E-state index contributed by atoms with van der Waals surface area (Å²) in [5, 5.41) is 9.82. The monoisotopic (exact) mass is 414 g/mol. The molecule has 1 atom stereocenters. The van der Waals surface area contributed by atoms with Crippen LogP contribution >= 0.6 is 11.6 Å². The van der Waals surface area contributed by atoms with Crippen LogP contribution in [0.25, 0.3) is 0 Å². The molecule has 0 radical (unpaired) electrons. The number of rotatable bonds is 9. The van der Waals surface area contributed by atoms with Gasteiger partial charge in [-0.1, -0.05) is 25.7 Å². The number of carbonyl (C=O) groups is 2. The molecule has 1 saturated carbocycles. The fourth-order valence-electron chi connectivity index (χ4n) is 3.63. The first-order valence-corrected chi connectivity index (χ1v) is 9.80. The van der Waals surface area contributed by atoms with E-state index in [1.165, 1.54) is 0 Å². The van der Waals surface area contributed by atoms with Crippen molar-refractivity contribution in [1.29, 1.82) is 0 Å². The van der Waals surface area contributed by atoms with Crippen molar-refractivity contribution in [1.82, 2.24) is 20.5 Å². The van der Waals surface area contributed by atoms with Crippen molar-refractivity contribution in [2.75, 3.05) is 30.0 Å². The number of halogens is 2. The van der Waals surface area contributed by atoms with Crippen molar-refractivity contribution >= 4 is 35.6 Å². The van der Waals surface area contributed by atoms with Crippen LogP contribution < -0.4 is 15.8 Å². The summed E-state index contributed by atoms with van der Waals surface area (Å²) in [5.74, 6) is -1.58. The Morgan fingerprint density at radius 3 is 2.68 bits per heavy atom. The van der Waals surface area contributed by atoms with Crippen LogP contribution in [0.15, 0.2) is 0 Å². The van der Waals surface area contributed by atoms with Crippen molar-refractivity contribution in [3.05, 3.63) is 11.1 Å². The van der Waals surface area contributed by atoms with Crippen molar-refractivity contribution in [2.24, 2.45) is 11.8 Å². The van der Waals surface area contributed by atoms with Crippen LogP contribution in [0.4, 0.5) is 16.0 Å². The molecular weight excluding hydrogens is 391 g/mol. The van der Waals surface area contributed by atoms with Gasteiger partial charge in [-0.3, -0.25) is 25.6 Å². The molecule has 9 nitrogen and oxygen atoms in total. The van der Waals surface area contributed by atoms with Gasteiger partial charge >= 0.3 is 0 Å². The van der Waals surface area contributed by atoms with Gasteiger partial charge in [0.05, 0.1) is 12.5 Å². The lowest BCUT2D eigenvalue weighted by molar-refractivity contribution is -0.154. The predicted octanol–water partition coefficient (Wildman–Crippen LogP) is 1.97. The standard InChI is InChI=1S/C17H24ClFN6O3/c18-17-20-14(13(19)15(21-17)24-6-3-7-24)22-23-16(27)12(9-25(28)10-26)8-11-4-1-2-5-11/h10-12,28H,1-9H2,(H,23,27)(H,20,21,22)/t12-/m1/s1. The molecule has 3 rings (SSSR count). The van der Waals surface area contributed by atoms with Gasteiger partial charge in [0.15, 0.2) is 11.6 Å². The zero-order valence-corrected chi connectivity index (χ0v) is 16.2. The topological polar surface area (TPSA) is 111 Å². The SMILES string of the molecule is O=CN(O)C[C@@H](CC1CCCC1)C(=O)NNc1nc(Cl)nc(N2CCC2)c1F. The Bertz CT molecular complexity index is 714. The van der Waals surface area contributed by atoms with Crippen molar-refractivity contribution in [2.45, 2.75) is 38.5 Å². The van der Waals surface area contributed by atoms with E-state index in [9.17, 15) is 19.2 Å². The van der Waals surface area contributed by atoms with E-state index >= 15 is 0 Å². The van der Waals surface area contributed by atoms with Gasteiger partial charge < -0.3 is 4.90 Å². The molecule has 1 aliphatic heterocycles. The largest absolute Gasteiger partial charge is 0.354 e. The van der Waals surface area contributed by atoms with Crippen LogP contribution in [0.1, 0.15) is 38.5 Å². The number of hydrazine groups is 1. The van der Waals surface area contributed by atoms with Gasteiger partial charge in [-0.25, -0.2) is 5.06 Å². The Labute approximate surface area is 167 Å². The molecular formula is C17H24ClFN6O3. The summed E-state index contributed by atoms with van der Waals surface area (Å²) in [7, 11) is 0. The lowest BCUT2D eigenvalue weighted by Gasteiger charge is -2.32. The highest BCUT2D eigenvalue weighted by Gasteiger charge is 2.28. The Balaban J connectivity index is 1.65. The minimum Gasteiger partial charge on any atom is -0.354 e. The highest BCUT2D eigenvalue weighted by molar-refractivity contribution is 6.28. The van der Waals surface area contributed by atoms with E-state index in [4.69, 9.17) is 11.6 Å². The van der Waals surface area contributed by atoms with Crippen LogP contribution in [-0.4, -0.2) is 52.2 Å². The number of hydrogen-bond acceptors (Lipinski definition) is 7. The van der Waals surface area contributed by atoms with Crippen LogP contribution in [0, 0.1) is 17.7 Å². The summed E-state index contributed by atoms with van der Waals surface area (Å²) in [6.45, 7) is 1.22. The summed E-state index contributed by atoms with van der Waals surface area (Å²) < 4.78 is 14.6. The molecule has 1 aromatic rings. The third-order valence-electron chi connectivity index (χ3n) is 5.26. The van der Waals surface area contributed by atoms with E-state index < -0.39 is 17.6 Å². The lowest BCUT2D eigenvalue weighted by atomic mass is 9.92. The number of nitrogens with one attached hydrogen (secondary N) is 2. The van der Waals surface area contributed by atoms with E-state index in [2.05, 4.69) is 20.8 Å². The second-order valence-corrected chi connectivity index (χ2v) is 7.58. The maximum absolute atomic E-state index is 14.6. The molecule has 11 heteroatoms. The summed E-state index contributed by atoms with van der Waals surface area (Å²) in [5.41, 5.74) is 4.89. The normalized spacial score (nSPS) is 17.8. The number of aromatic nitrogens is 2. The maximum atomic E-state index is 14.6.